The molecule has 1 saturated carbocycles. The molecule has 0 saturated heterocycles. The van der Waals surface area contributed by atoms with E-state index < -0.39 is 5.54 Å². The minimum atomic E-state index is -1.11. The zero-order chi connectivity index (χ0) is 22.3. The van der Waals surface area contributed by atoms with Crippen molar-refractivity contribution in [3.8, 4) is 11.5 Å². The van der Waals surface area contributed by atoms with E-state index in [1.807, 2.05) is 44.2 Å². The molecule has 3 aromatic rings. The minimum absolute atomic E-state index is 0.137. The van der Waals surface area contributed by atoms with Crippen LogP contribution in [-0.4, -0.2) is 33.2 Å². The molecule has 3 heterocycles. The van der Waals surface area contributed by atoms with E-state index in [1.54, 1.807) is 28.0 Å². The van der Waals surface area contributed by atoms with Gasteiger partial charge in [-0.2, -0.15) is 5.10 Å². The molecule has 1 aliphatic carbocycles. The molecule has 166 valence electrons. The second kappa shape index (κ2) is 7.97. The van der Waals surface area contributed by atoms with Crippen LogP contribution >= 0.6 is 0 Å². The van der Waals surface area contributed by atoms with Crippen LogP contribution in [-0.2, 0) is 11.3 Å². The number of nitrogens with zero attached hydrogens (tertiary/aromatic N) is 3. The highest BCUT2D eigenvalue weighted by Gasteiger charge is 2.49. The highest BCUT2D eigenvalue weighted by molar-refractivity contribution is 6.12. The lowest BCUT2D eigenvalue weighted by Crippen LogP contribution is -2.65. The van der Waals surface area contributed by atoms with Gasteiger partial charge in [0.05, 0.1) is 12.8 Å². The first-order chi connectivity index (χ1) is 15.5. The molecule has 2 aromatic heterocycles. The molecule has 2 amide bonds. The van der Waals surface area contributed by atoms with Crippen molar-refractivity contribution < 1.29 is 14.0 Å². The summed E-state index contributed by atoms with van der Waals surface area (Å²) < 4.78 is 7.13. The summed E-state index contributed by atoms with van der Waals surface area (Å²) in [5.41, 5.74) is 1.60. The van der Waals surface area contributed by atoms with E-state index in [4.69, 9.17) is 4.42 Å². The van der Waals surface area contributed by atoms with Gasteiger partial charge in [0, 0.05) is 17.8 Å². The lowest BCUT2D eigenvalue weighted by molar-refractivity contribution is -0.127. The number of amides is 2. The molecule has 1 aromatic carbocycles. The van der Waals surface area contributed by atoms with Crippen molar-refractivity contribution in [2.75, 3.05) is 4.90 Å². The summed E-state index contributed by atoms with van der Waals surface area (Å²) in [6.07, 6.45) is 7.00. The molecular weight excluding hydrogens is 404 g/mol. The number of benzene rings is 1. The third-order valence-corrected chi connectivity index (χ3v) is 6.71. The van der Waals surface area contributed by atoms with Gasteiger partial charge in [-0.3, -0.25) is 19.2 Å². The van der Waals surface area contributed by atoms with Gasteiger partial charge in [-0.15, -0.1) is 0 Å². The Balaban J connectivity index is 1.57. The largest absolute Gasteiger partial charge is 0.463 e. The number of aromatic nitrogens is 2. The van der Waals surface area contributed by atoms with E-state index in [0.717, 1.165) is 36.9 Å². The van der Waals surface area contributed by atoms with Gasteiger partial charge in [-0.25, -0.2) is 0 Å². The summed E-state index contributed by atoms with van der Waals surface area (Å²) in [6, 6.07) is 13.2. The van der Waals surface area contributed by atoms with Crippen LogP contribution in [0.1, 0.15) is 55.1 Å². The van der Waals surface area contributed by atoms with Crippen LogP contribution in [0.15, 0.2) is 53.1 Å². The normalized spacial score (nSPS) is 21.4. The summed E-state index contributed by atoms with van der Waals surface area (Å²) in [7, 11) is 0. The molecule has 0 unspecified atom stereocenters. The van der Waals surface area contributed by atoms with E-state index in [9.17, 15) is 9.59 Å². The summed E-state index contributed by atoms with van der Waals surface area (Å²) in [6.45, 7) is 4.07. The van der Waals surface area contributed by atoms with E-state index in [-0.39, 0.29) is 24.4 Å². The summed E-state index contributed by atoms with van der Waals surface area (Å²) in [5.74, 6) is 0.217. The van der Waals surface area contributed by atoms with Crippen molar-refractivity contribution in [2.24, 2.45) is 0 Å². The molecular formula is C25H28N4O3. The Labute approximate surface area is 187 Å². The molecule has 0 spiro atoms. The molecule has 1 N–H and O–H groups in total. The zero-order valence-electron chi connectivity index (χ0n) is 18.5. The van der Waals surface area contributed by atoms with Crippen molar-refractivity contribution in [1.82, 2.24) is 15.1 Å². The molecule has 32 heavy (non-hydrogen) atoms. The quantitative estimate of drug-likeness (QED) is 0.666. The van der Waals surface area contributed by atoms with Gasteiger partial charge in [0.2, 0.25) is 5.91 Å². The Hall–Kier alpha value is -3.35. The maximum atomic E-state index is 13.8. The number of hydrogen-bond acceptors (Lipinski definition) is 4. The van der Waals surface area contributed by atoms with Crippen LogP contribution < -0.4 is 10.2 Å². The second-order valence-corrected chi connectivity index (χ2v) is 9.06. The van der Waals surface area contributed by atoms with Crippen LogP contribution in [0.5, 0.6) is 0 Å². The topological polar surface area (TPSA) is 80.4 Å². The van der Waals surface area contributed by atoms with Crippen LogP contribution in [0.4, 0.5) is 5.69 Å². The number of para-hydroxylation sites is 1. The Bertz CT molecular complexity index is 1140. The number of nitrogens with one attached hydrogen (secondary N) is 1. The fourth-order valence-corrected chi connectivity index (χ4v) is 4.91. The predicted molar refractivity (Wildman–Crippen MR) is 121 cm³/mol. The number of anilines is 1. The van der Waals surface area contributed by atoms with Crippen molar-refractivity contribution in [1.29, 1.82) is 0 Å². The Morgan fingerprint density at radius 1 is 1.16 bits per heavy atom. The zero-order valence-corrected chi connectivity index (χ0v) is 18.5. The van der Waals surface area contributed by atoms with Crippen molar-refractivity contribution in [3.63, 3.8) is 0 Å². The van der Waals surface area contributed by atoms with Crippen LogP contribution in [0.25, 0.3) is 11.5 Å². The molecule has 1 fully saturated rings. The first-order valence-corrected chi connectivity index (χ1v) is 11.3. The van der Waals surface area contributed by atoms with Gasteiger partial charge in [0.1, 0.15) is 16.9 Å². The minimum Gasteiger partial charge on any atom is -0.463 e. The number of fused-ring (bicyclic) bond motifs is 1. The number of aryl methyl sites for hydroxylation is 1. The Morgan fingerprint density at radius 3 is 2.66 bits per heavy atom. The average molecular weight is 433 g/mol. The average Bonchev–Trinajstić information content (AvgIpc) is 3.46. The molecule has 7 heteroatoms. The number of rotatable bonds is 4. The lowest BCUT2D eigenvalue weighted by atomic mass is 9.90. The standard InChI is InChI=1S/C25H28N4O3/c1-17-9-6-7-12-20(17)29-23(30)21-15-19(22-13-8-14-32-22)27-28(21)16-25(29,2)24(31)26-18-10-4-3-5-11-18/h6-9,12-15,18H,3-5,10-11,16H2,1-2H3,(H,26,31)/t25-/m0/s1. The van der Waals surface area contributed by atoms with Gasteiger partial charge in [-0.1, -0.05) is 37.5 Å². The number of carbonyl (C=O) groups excluding carboxylic acids is 2. The molecule has 5 rings (SSSR count). The lowest BCUT2D eigenvalue weighted by Gasteiger charge is -2.44. The highest BCUT2D eigenvalue weighted by atomic mass is 16.3. The monoisotopic (exact) mass is 432 g/mol. The van der Waals surface area contributed by atoms with Crippen LogP contribution in [0.3, 0.4) is 0 Å². The molecule has 0 bridgehead atoms. The second-order valence-electron chi connectivity index (χ2n) is 9.06. The van der Waals surface area contributed by atoms with Crippen molar-refractivity contribution in [2.45, 2.75) is 64.1 Å². The van der Waals surface area contributed by atoms with Gasteiger partial charge < -0.3 is 9.73 Å². The van der Waals surface area contributed by atoms with Crippen LogP contribution in [0, 0.1) is 6.92 Å². The predicted octanol–water partition coefficient (Wildman–Crippen LogP) is 4.32. The smallest absolute Gasteiger partial charge is 0.277 e. The number of furan rings is 1. The van der Waals surface area contributed by atoms with E-state index in [0.29, 0.717) is 17.1 Å². The van der Waals surface area contributed by atoms with E-state index in [1.165, 1.54) is 6.42 Å². The maximum Gasteiger partial charge on any atom is 0.277 e. The molecule has 0 radical (unpaired) electrons. The fourth-order valence-electron chi connectivity index (χ4n) is 4.91. The Kier molecular flexibility index (Phi) is 5.12. The van der Waals surface area contributed by atoms with Crippen molar-refractivity contribution >= 4 is 17.5 Å². The van der Waals surface area contributed by atoms with E-state index >= 15 is 0 Å². The van der Waals surface area contributed by atoms with Gasteiger partial charge >= 0.3 is 0 Å². The van der Waals surface area contributed by atoms with Gasteiger partial charge in [0.25, 0.3) is 5.91 Å². The van der Waals surface area contributed by atoms with Gasteiger partial charge in [-0.05, 0) is 50.5 Å². The third kappa shape index (κ3) is 3.42. The maximum absolute atomic E-state index is 13.8. The number of hydrogen-bond donors (Lipinski definition) is 1. The molecule has 7 nitrogen and oxygen atoms in total. The molecule has 1 atom stereocenters. The van der Waals surface area contributed by atoms with E-state index in [2.05, 4.69) is 10.4 Å². The van der Waals surface area contributed by atoms with Crippen molar-refractivity contribution in [3.05, 3.63) is 60.0 Å². The molecule has 2 aliphatic rings. The van der Waals surface area contributed by atoms with Gasteiger partial charge in [0.15, 0.2) is 5.76 Å². The first-order valence-electron chi connectivity index (χ1n) is 11.3. The SMILES string of the molecule is Cc1ccccc1N1C(=O)c2cc(-c3ccco3)nn2C[C@@]1(C)C(=O)NC1CCCCC1. The summed E-state index contributed by atoms with van der Waals surface area (Å²) in [4.78, 5) is 29.2. The molecule has 1 aliphatic heterocycles. The third-order valence-electron chi connectivity index (χ3n) is 6.71. The highest BCUT2D eigenvalue weighted by Crippen LogP contribution is 2.36. The fraction of sp³-hybridized carbons (Fsp3) is 0.400. The first kappa shape index (κ1) is 20.5. The number of carbonyl (C=O) groups is 2. The van der Waals surface area contributed by atoms with Crippen LogP contribution in [0.2, 0.25) is 0 Å². The Morgan fingerprint density at radius 2 is 1.94 bits per heavy atom. The summed E-state index contributed by atoms with van der Waals surface area (Å²) >= 11 is 0. The summed E-state index contributed by atoms with van der Waals surface area (Å²) in [5, 5.41) is 7.86.